The highest BCUT2D eigenvalue weighted by Gasteiger charge is 2.16. The predicted molar refractivity (Wildman–Crippen MR) is 136 cm³/mol. The molecule has 0 bridgehead atoms. The number of carbonyl (C=O) groups excluding carboxylic acids is 2. The van der Waals surface area contributed by atoms with E-state index >= 15 is 0 Å². The van der Waals surface area contributed by atoms with Gasteiger partial charge >= 0.3 is 0 Å². The first-order valence-electron chi connectivity index (χ1n) is 10.9. The van der Waals surface area contributed by atoms with Gasteiger partial charge in [0.1, 0.15) is 11.6 Å². The van der Waals surface area contributed by atoms with Gasteiger partial charge in [0.25, 0.3) is 11.8 Å². The fourth-order valence-electron chi connectivity index (χ4n) is 3.48. The van der Waals surface area contributed by atoms with Gasteiger partial charge in [-0.2, -0.15) is 10.4 Å². The van der Waals surface area contributed by atoms with Crippen molar-refractivity contribution >= 4 is 23.6 Å². The summed E-state index contributed by atoms with van der Waals surface area (Å²) in [5, 5.41) is 17.2. The molecule has 0 aliphatic carbocycles. The summed E-state index contributed by atoms with van der Waals surface area (Å²) in [6.45, 7) is 0. The van der Waals surface area contributed by atoms with Crippen LogP contribution in [0.15, 0.2) is 96.7 Å². The molecule has 172 valence electrons. The molecule has 0 aliphatic heterocycles. The molecular weight excluding hydrogens is 438 g/mol. The second-order valence-electron chi connectivity index (χ2n) is 7.98. The van der Waals surface area contributed by atoms with E-state index in [1.807, 2.05) is 66.7 Å². The molecule has 4 rings (SSSR count). The molecule has 3 aromatic carbocycles. The maximum Gasteiger partial charge on any atom is 0.266 e. The number of benzene rings is 3. The number of aromatic nitrogens is 2. The van der Waals surface area contributed by atoms with Crippen molar-refractivity contribution < 1.29 is 9.59 Å². The van der Waals surface area contributed by atoms with Gasteiger partial charge in [0, 0.05) is 42.7 Å². The average Bonchev–Trinajstić information content (AvgIpc) is 3.32. The molecule has 0 saturated heterocycles. The van der Waals surface area contributed by atoms with Crippen LogP contribution < -0.4 is 5.32 Å². The molecule has 2 amide bonds. The Morgan fingerprint density at radius 1 is 0.943 bits per heavy atom. The van der Waals surface area contributed by atoms with Gasteiger partial charge in [-0.3, -0.25) is 9.59 Å². The second kappa shape index (κ2) is 10.3. The summed E-state index contributed by atoms with van der Waals surface area (Å²) < 4.78 is 1.72. The molecule has 1 heterocycles. The van der Waals surface area contributed by atoms with Crippen LogP contribution in [0.3, 0.4) is 0 Å². The monoisotopic (exact) mass is 461 g/mol. The standard InChI is InChI=1S/C28H23N5O2/c1-32(2)28(35)21-13-15-24(16-14-21)30-27(34)22(18-29)17-23-19-33(25-11-7-4-8-12-25)31-26(23)20-9-5-3-6-10-20/h3-17,19H,1-2H3,(H,30,34)/b22-17+. The fraction of sp³-hybridized carbons (Fsp3) is 0.0714. The number of para-hydroxylation sites is 1. The van der Waals surface area contributed by atoms with Crippen molar-refractivity contribution in [3.05, 3.63) is 108 Å². The Labute approximate surface area is 203 Å². The molecule has 0 atom stereocenters. The summed E-state index contributed by atoms with van der Waals surface area (Å²) in [5.41, 5.74) is 3.94. The fourth-order valence-corrected chi connectivity index (χ4v) is 3.48. The molecule has 35 heavy (non-hydrogen) atoms. The minimum atomic E-state index is -0.550. The van der Waals surface area contributed by atoms with Crippen LogP contribution in [0, 0.1) is 11.3 Å². The van der Waals surface area contributed by atoms with Gasteiger partial charge in [-0.15, -0.1) is 0 Å². The molecule has 1 N–H and O–H groups in total. The SMILES string of the molecule is CN(C)C(=O)c1ccc(NC(=O)/C(C#N)=C/c2cn(-c3ccccc3)nc2-c2ccccc2)cc1. The lowest BCUT2D eigenvalue weighted by molar-refractivity contribution is -0.112. The summed E-state index contributed by atoms with van der Waals surface area (Å²) >= 11 is 0. The number of rotatable bonds is 6. The smallest absolute Gasteiger partial charge is 0.266 e. The van der Waals surface area contributed by atoms with E-state index in [1.54, 1.807) is 49.2 Å². The largest absolute Gasteiger partial charge is 0.345 e. The number of nitriles is 1. The Hall–Kier alpha value is -4.96. The van der Waals surface area contributed by atoms with E-state index in [0.29, 0.717) is 22.5 Å². The molecule has 0 unspecified atom stereocenters. The summed E-state index contributed by atoms with van der Waals surface area (Å²) in [5.74, 6) is -0.685. The molecule has 4 aromatic rings. The zero-order valence-corrected chi connectivity index (χ0v) is 19.3. The molecule has 7 heteroatoms. The number of hydrogen-bond donors (Lipinski definition) is 1. The van der Waals surface area contributed by atoms with E-state index in [9.17, 15) is 14.9 Å². The van der Waals surface area contributed by atoms with Crippen LogP contribution in [0.4, 0.5) is 5.69 Å². The van der Waals surface area contributed by atoms with E-state index in [4.69, 9.17) is 5.10 Å². The van der Waals surface area contributed by atoms with Crippen LogP contribution in [0.5, 0.6) is 0 Å². The van der Waals surface area contributed by atoms with Crippen molar-refractivity contribution in [3.8, 4) is 23.0 Å². The lowest BCUT2D eigenvalue weighted by Crippen LogP contribution is -2.21. The molecule has 0 saturated carbocycles. The van der Waals surface area contributed by atoms with Crippen LogP contribution in [-0.4, -0.2) is 40.6 Å². The Kier molecular flexibility index (Phi) is 6.84. The number of hydrogen-bond acceptors (Lipinski definition) is 4. The van der Waals surface area contributed by atoms with Crippen LogP contribution in [-0.2, 0) is 4.79 Å². The van der Waals surface area contributed by atoms with Crippen LogP contribution in [0.25, 0.3) is 23.0 Å². The van der Waals surface area contributed by atoms with Crippen LogP contribution >= 0.6 is 0 Å². The highest BCUT2D eigenvalue weighted by molar-refractivity contribution is 6.10. The highest BCUT2D eigenvalue weighted by atomic mass is 16.2. The third-order valence-electron chi connectivity index (χ3n) is 5.27. The summed E-state index contributed by atoms with van der Waals surface area (Å²) in [7, 11) is 3.34. The molecule has 1 aromatic heterocycles. The predicted octanol–water partition coefficient (Wildman–Crippen LogP) is 4.79. The van der Waals surface area contributed by atoms with E-state index < -0.39 is 5.91 Å². The van der Waals surface area contributed by atoms with Crippen molar-refractivity contribution in [3.63, 3.8) is 0 Å². The number of anilines is 1. The summed E-state index contributed by atoms with van der Waals surface area (Å²) in [4.78, 5) is 26.4. The third kappa shape index (κ3) is 5.34. The molecule has 7 nitrogen and oxygen atoms in total. The van der Waals surface area contributed by atoms with Crippen LogP contribution in [0.2, 0.25) is 0 Å². The minimum Gasteiger partial charge on any atom is -0.345 e. The summed E-state index contributed by atoms with van der Waals surface area (Å²) in [6.07, 6.45) is 3.33. The van der Waals surface area contributed by atoms with Gasteiger partial charge in [-0.25, -0.2) is 4.68 Å². The van der Waals surface area contributed by atoms with Gasteiger partial charge in [-0.05, 0) is 42.5 Å². The first-order valence-corrected chi connectivity index (χ1v) is 10.9. The van der Waals surface area contributed by atoms with E-state index in [-0.39, 0.29) is 11.5 Å². The van der Waals surface area contributed by atoms with E-state index in [1.165, 1.54) is 11.0 Å². The molecule has 0 spiro atoms. The van der Waals surface area contributed by atoms with Crippen molar-refractivity contribution in [1.29, 1.82) is 5.26 Å². The van der Waals surface area contributed by atoms with Crippen molar-refractivity contribution in [1.82, 2.24) is 14.7 Å². The quantitative estimate of drug-likeness (QED) is 0.330. The molecule has 0 radical (unpaired) electrons. The summed E-state index contributed by atoms with van der Waals surface area (Å²) in [6, 6.07) is 27.7. The normalized spacial score (nSPS) is 10.9. The lowest BCUT2D eigenvalue weighted by Gasteiger charge is -2.10. The first-order chi connectivity index (χ1) is 17.0. The highest BCUT2D eigenvalue weighted by Crippen LogP contribution is 2.26. The van der Waals surface area contributed by atoms with Gasteiger partial charge in [0.2, 0.25) is 0 Å². The number of nitrogens with zero attached hydrogens (tertiary/aromatic N) is 4. The number of nitrogens with one attached hydrogen (secondary N) is 1. The zero-order chi connectivity index (χ0) is 24.8. The zero-order valence-electron chi connectivity index (χ0n) is 19.3. The van der Waals surface area contributed by atoms with Gasteiger partial charge < -0.3 is 10.2 Å². The van der Waals surface area contributed by atoms with Crippen LogP contribution in [0.1, 0.15) is 15.9 Å². The third-order valence-corrected chi connectivity index (χ3v) is 5.27. The molecule has 0 aliphatic rings. The Balaban J connectivity index is 1.65. The maximum absolute atomic E-state index is 12.9. The van der Waals surface area contributed by atoms with Crippen molar-refractivity contribution in [2.45, 2.75) is 0 Å². The lowest BCUT2D eigenvalue weighted by atomic mass is 10.1. The number of carbonyl (C=O) groups is 2. The van der Waals surface area contributed by atoms with Gasteiger partial charge in [0.15, 0.2) is 0 Å². The van der Waals surface area contributed by atoms with Crippen molar-refractivity contribution in [2.24, 2.45) is 0 Å². The Bertz CT molecular complexity index is 1410. The topological polar surface area (TPSA) is 91.0 Å². The van der Waals surface area contributed by atoms with Crippen molar-refractivity contribution in [2.75, 3.05) is 19.4 Å². The van der Waals surface area contributed by atoms with E-state index in [2.05, 4.69) is 5.32 Å². The molecular formula is C28H23N5O2. The maximum atomic E-state index is 12.9. The number of amides is 2. The first kappa shape index (κ1) is 23.2. The Morgan fingerprint density at radius 3 is 2.17 bits per heavy atom. The average molecular weight is 462 g/mol. The second-order valence-corrected chi connectivity index (χ2v) is 7.98. The van der Waals surface area contributed by atoms with Gasteiger partial charge in [-0.1, -0.05) is 48.5 Å². The Morgan fingerprint density at radius 2 is 1.57 bits per heavy atom. The van der Waals surface area contributed by atoms with Gasteiger partial charge in [0.05, 0.1) is 11.4 Å². The minimum absolute atomic E-state index is 0.0664. The van der Waals surface area contributed by atoms with E-state index in [0.717, 1.165) is 11.3 Å². The molecule has 0 fully saturated rings.